The van der Waals surface area contributed by atoms with Gasteiger partial charge in [-0.1, -0.05) is 6.08 Å². The molecule has 1 unspecified atom stereocenters. The van der Waals surface area contributed by atoms with E-state index in [-0.39, 0.29) is 6.04 Å². The van der Waals surface area contributed by atoms with Gasteiger partial charge in [-0.25, -0.2) is 8.42 Å². The van der Waals surface area contributed by atoms with E-state index in [4.69, 9.17) is 0 Å². The summed E-state index contributed by atoms with van der Waals surface area (Å²) in [6, 6.07) is 0.140. The Bertz CT molecular complexity index is 267. The lowest BCUT2D eigenvalue weighted by Crippen LogP contribution is -2.44. The molecule has 0 aliphatic carbocycles. The molecular formula is C9H19NO2S. The number of sulfone groups is 1. The van der Waals surface area contributed by atoms with Crippen LogP contribution in [0, 0.1) is 0 Å². The molecule has 0 aromatic carbocycles. The van der Waals surface area contributed by atoms with Gasteiger partial charge in [-0.2, -0.15) is 0 Å². The Balaban J connectivity index is 4.28. The Hall–Kier alpha value is -0.350. The molecule has 0 aliphatic heterocycles. The second kappa shape index (κ2) is 4.24. The summed E-state index contributed by atoms with van der Waals surface area (Å²) in [5, 5.41) is 3.08. The molecular weight excluding hydrogens is 186 g/mol. The van der Waals surface area contributed by atoms with E-state index in [0.29, 0.717) is 6.54 Å². The van der Waals surface area contributed by atoms with Crippen molar-refractivity contribution >= 4 is 9.84 Å². The highest BCUT2D eigenvalue weighted by molar-refractivity contribution is 7.92. The molecule has 3 nitrogen and oxygen atoms in total. The first-order chi connectivity index (χ1) is 5.70. The van der Waals surface area contributed by atoms with Crippen LogP contribution in [0.15, 0.2) is 12.7 Å². The van der Waals surface area contributed by atoms with Gasteiger partial charge in [0.2, 0.25) is 0 Å². The van der Waals surface area contributed by atoms with Crippen LogP contribution in [0.25, 0.3) is 0 Å². The molecule has 0 bridgehead atoms. The van der Waals surface area contributed by atoms with Crippen molar-refractivity contribution in [1.82, 2.24) is 5.32 Å². The summed E-state index contributed by atoms with van der Waals surface area (Å²) in [6.45, 7) is 9.42. The van der Waals surface area contributed by atoms with E-state index in [1.54, 1.807) is 19.9 Å². The lowest BCUT2D eigenvalue weighted by atomic mass is 10.2. The number of nitrogens with one attached hydrogen (secondary N) is 1. The van der Waals surface area contributed by atoms with Crippen molar-refractivity contribution < 1.29 is 8.42 Å². The topological polar surface area (TPSA) is 46.2 Å². The van der Waals surface area contributed by atoms with Crippen molar-refractivity contribution in [2.24, 2.45) is 0 Å². The fraction of sp³-hybridized carbons (Fsp3) is 0.778. The van der Waals surface area contributed by atoms with E-state index < -0.39 is 14.6 Å². The molecule has 1 atom stereocenters. The second-order valence-electron chi connectivity index (χ2n) is 3.94. The van der Waals surface area contributed by atoms with Gasteiger partial charge in [0, 0.05) is 18.8 Å². The second-order valence-corrected chi connectivity index (χ2v) is 6.59. The maximum atomic E-state index is 11.3. The molecule has 0 aliphatic rings. The zero-order chi connectivity index (χ0) is 10.7. The zero-order valence-electron chi connectivity index (χ0n) is 8.79. The smallest absolute Gasteiger partial charge is 0.153 e. The molecule has 0 rings (SSSR count). The van der Waals surface area contributed by atoms with Gasteiger partial charge >= 0.3 is 0 Å². The van der Waals surface area contributed by atoms with Crippen LogP contribution in [0.3, 0.4) is 0 Å². The van der Waals surface area contributed by atoms with Crippen molar-refractivity contribution in [3.8, 4) is 0 Å². The summed E-state index contributed by atoms with van der Waals surface area (Å²) in [4.78, 5) is 0. The molecule has 0 aromatic heterocycles. The predicted octanol–water partition coefficient (Wildman–Crippen LogP) is 0.974. The van der Waals surface area contributed by atoms with Gasteiger partial charge in [-0.15, -0.1) is 6.58 Å². The molecule has 0 fully saturated rings. The maximum absolute atomic E-state index is 11.3. The minimum Gasteiger partial charge on any atom is -0.309 e. The molecule has 0 saturated heterocycles. The molecule has 1 N–H and O–H groups in total. The summed E-state index contributed by atoms with van der Waals surface area (Å²) in [7, 11) is -3.00. The van der Waals surface area contributed by atoms with Gasteiger partial charge in [0.25, 0.3) is 0 Å². The summed E-state index contributed by atoms with van der Waals surface area (Å²) >= 11 is 0. The summed E-state index contributed by atoms with van der Waals surface area (Å²) in [6.07, 6.45) is 3.01. The third-order valence-electron chi connectivity index (χ3n) is 2.21. The number of rotatable bonds is 5. The molecule has 13 heavy (non-hydrogen) atoms. The van der Waals surface area contributed by atoms with Crippen molar-refractivity contribution in [2.75, 3.05) is 12.8 Å². The van der Waals surface area contributed by atoms with Crippen LogP contribution in [-0.2, 0) is 9.84 Å². The molecule has 78 valence electrons. The molecule has 0 amide bonds. The van der Waals surface area contributed by atoms with Crippen LogP contribution in [-0.4, -0.2) is 32.0 Å². The van der Waals surface area contributed by atoms with Crippen LogP contribution in [0.4, 0.5) is 0 Å². The summed E-state index contributed by atoms with van der Waals surface area (Å²) in [5.41, 5.74) is 0. The van der Waals surface area contributed by atoms with Gasteiger partial charge < -0.3 is 5.32 Å². The first-order valence-corrected chi connectivity index (χ1v) is 6.15. The van der Waals surface area contributed by atoms with Crippen molar-refractivity contribution in [3.05, 3.63) is 12.7 Å². The van der Waals surface area contributed by atoms with Crippen LogP contribution in [0.5, 0.6) is 0 Å². The number of hydrogen-bond donors (Lipinski definition) is 1. The Morgan fingerprint density at radius 1 is 1.54 bits per heavy atom. The molecule has 0 aromatic rings. The minimum absolute atomic E-state index is 0.140. The van der Waals surface area contributed by atoms with Crippen molar-refractivity contribution in [2.45, 2.75) is 31.6 Å². The van der Waals surface area contributed by atoms with E-state index in [0.717, 1.165) is 0 Å². The van der Waals surface area contributed by atoms with Gasteiger partial charge in [0.05, 0.1) is 4.75 Å². The van der Waals surface area contributed by atoms with E-state index in [1.165, 1.54) is 6.26 Å². The van der Waals surface area contributed by atoms with E-state index in [9.17, 15) is 8.42 Å². The van der Waals surface area contributed by atoms with Crippen molar-refractivity contribution in [3.63, 3.8) is 0 Å². The third-order valence-corrected chi connectivity index (χ3v) is 4.36. The normalized spacial score (nSPS) is 15.4. The highest BCUT2D eigenvalue weighted by Crippen LogP contribution is 2.13. The Morgan fingerprint density at radius 2 is 2.00 bits per heavy atom. The van der Waals surface area contributed by atoms with E-state index in [2.05, 4.69) is 11.9 Å². The van der Waals surface area contributed by atoms with Crippen LogP contribution in [0.1, 0.15) is 20.8 Å². The SMILES string of the molecule is C=CC(C)NCC(C)(C)S(C)(=O)=O. The van der Waals surface area contributed by atoms with Gasteiger partial charge in [0.1, 0.15) is 0 Å². The van der Waals surface area contributed by atoms with Gasteiger partial charge in [-0.3, -0.25) is 0 Å². The standard InChI is InChI=1S/C9H19NO2S/c1-6-8(2)10-7-9(3,4)13(5,11)12/h6,8,10H,1,7H2,2-5H3. The zero-order valence-corrected chi connectivity index (χ0v) is 9.61. The lowest BCUT2D eigenvalue weighted by molar-refractivity contribution is 0.509. The first-order valence-electron chi connectivity index (χ1n) is 4.26. The first kappa shape index (κ1) is 12.7. The fourth-order valence-electron chi connectivity index (χ4n) is 0.621. The summed E-state index contributed by atoms with van der Waals surface area (Å²) in [5.74, 6) is 0. The van der Waals surface area contributed by atoms with E-state index >= 15 is 0 Å². The van der Waals surface area contributed by atoms with E-state index in [1.807, 2.05) is 6.92 Å². The Labute approximate surface area is 81.1 Å². The molecule has 4 heteroatoms. The molecule has 0 heterocycles. The maximum Gasteiger partial charge on any atom is 0.153 e. The van der Waals surface area contributed by atoms with Crippen LogP contribution >= 0.6 is 0 Å². The van der Waals surface area contributed by atoms with Crippen LogP contribution in [0.2, 0.25) is 0 Å². The molecule has 0 saturated carbocycles. The van der Waals surface area contributed by atoms with Gasteiger partial charge in [-0.05, 0) is 20.8 Å². The fourth-order valence-corrected chi connectivity index (χ4v) is 0.967. The summed E-state index contributed by atoms with van der Waals surface area (Å²) < 4.78 is 21.9. The highest BCUT2D eigenvalue weighted by atomic mass is 32.2. The largest absolute Gasteiger partial charge is 0.309 e. The minimum atomic E-state index is -3.00. The quantitative estimate of drug-likeness (QED) is 0.680. The predicted molar refractivity (Wildman–Crippen MR) is 56.6 cm³/mol. The third kappa shape index (κ3) is 3.91. The lowest BCUT2D eigenvalue weighted by Gasteiger charge is -2.24. The molecule has 0 radical (unpaired) electrons. The van der Waals surface area contributed by atoms with Gasteiger partial charge in [0.15, 0.2) is 9.84 Å². The average Bonchev–Trinajstić information content (AvgIpc) is 1.98. The van der Waals surface area contributed by atoms with Crippen molar-refractivity contribution in [1.29, 1.82) is 0 Å². The Morgan fingerprint density at radius 3 is 2.31 bits per heavy atom. The Kier molecular flexibility index (Phi) is 4.13. The van der Waals surface area contributed by atoms with Crippen LogP contribution < -0.4 is 5.32 Å². The number of hydrogen-bond acceptors (Lipinski definition) is 3. The average molecular weight is 205 g/mol. The highest BCUT2D eigenvalue weighted by Gasteiger charge is 2.29. The molecule has 0 spiro atoms. The monoisotopic (exact) mass is 205 g/mol.